The number of hydrogen-bond acceptors (Lipinski definition) is 2. The van der Waals surface area contributed by atoms with E-state index in [4.69, 9.17) is 11.6 Å². The number of anilines is 2. The topological polar surface area (TPSA) is 41.1 Å². The summed E-state index contributed by atoms with van der Waals surface area (Å²) in [4.78, 5) is 12.1. The summed E-state index contributed by atoms with van der Waals surface area (Å²) in [5.74, 6) is -0.493. The third-order valence-electron chi connectivity index (χ3n) is 3.76. The van der Waals surface area contributed by atoms with Gasteiger partial charge in [0.2, 0.25) is 5.91 Å². The molecule has 0 aromatic heterocycles. The molecule has 1 saturated carbocycles. The highest BCUT2D eigenvalue weighted by Gasteiger charge is 2.34. The van der Waals surface area contributed by atoms with Gasteiger partial charge in [-0.05, 0) is 18.9 Å². The smallest absolute Gasteiger partial charge is 0.229 e. The Morgan fingerprint density at radius 3 is 2.83 bits per heavy atom. The molecule has 2 atom stereocenters. The fraction of sp³-hybridized carbons (Fsp3) is 0.462. The Kier molecular flexibility index (Phi) is 2.90. The number of hydrogen-bond donors (Lipinski definition) is 2. The van der Waals surface area contributed by atoms with Gasteiger partial charge in [-0.2, -0.15) is 0 Å². The van der Waals surface area contributed by atoms with Crippen LogP contribution in [0.25, 0.3) is 0 Å². The van der Waals surface area contributed by atoms with E-state index >= 15 is 0 Å². The quantitative estimate of drug-likeness (QED) is 0.757. The Labute approximate surface area is 110 Å². The number of halogens is 2. The maximum Gasteiger partial charge on any atom is 0.229 e. The summed E-state index contributed by atoms with van der Waals surface area (Å²) >= 11 is 5.75. The van der Waals surface area contributed by atoms with Gasteiger partial charge in [0.15, 0.2) is 0 Å². The normalized spacial score (nSPS) is 26.4. The Morgan fingerprint density at radius 1 is 1.22 bits per heavy atom. The van der Waals surface area contributed by atoms with Crippen LogP contribution in [-0.4, -0.2) is 11.9 Å². The summed E-state index contributed by atoms with van der Waals surface area (Å²) < 4.78 is 13.5. The van der Waals surface area contributed by atoms with Gasteiger partial charge in [-0.25, -0.2) is 4.39 Å². The molecule has 5 heteroatoms. The van der Waals surface area contributed by atoms with E-state index in [1.807, 2.05) is 0 Å². The van der Waals surface area contributed by atoms with Gasteiger partial charge in [-0.1, -0.05) is 24.4 Å². The molecule has 1 heterocycles. The molecule has 1 fully saturated rings. The largest absolute Gasteiger partial charge is 0.380 e. The van der Waals surface area contributed by atoms with Crippen LogP contribution in [0.5, 0.6) is 0 Å². The fourth-order valence-corrected chi connectivity index (χ4v) is 2.98. The molecule has 1 aliphatic heterocycles. The number of fused-ring (bicyclic) bond motifs is 2. The molecule has 96 valence electrons. The highest BCUT2D eigenvalue weighted by Crippen LogP contribution is 2.36. The van der Waals surface area contributed by atoms with Crippen molar-refractivity contribution < 1.29 is 9.18 Å². The first-order chi connectivity index (χ1) is 8.65. The lowest BCUT2D eigenvalue weighted by atomic mass is 9.84. The molecule has 0 spiro atoms. The zero-order valence-electron chi connectivity index (χ0n) is 9.80. The van der Waals surface area contributed by atoms with Crippen molar-refractivity contribution in [1.29, 1.82) is 0 Å². The van der Waals surface area contributed by atoms with Gasteiger partial charge >= 0.3 is 0 Å². The first-order valence-corrected chi connectivity index (χ1v) is 6.59. The number of nitrogens with one attached hydrogen (secondary N) is 2. The van der Waals surface area contributed by atoms with E-state index in [9.17, 15) is 9.18 Å². The number of amides is 1. The van der Waals surface area contributed by atoms with Crippen LogP contribution in [-0.2, 0) is 4.79 Å². The summed E-state index contributed by atoms with van der Waals surface area (Å²) in [6, 6.07) is 2.92. The lowest BCUT2D eigenvalue weighted by Crippen LogP contribution is -2.37. The lowest BCUT2D eigenvalue weighted by molar-refractivity contribution is -0.120. The number of carbonyl (C=O) groups excluding carboxylic acids is 1. The minimum Gasteiger partial charge on any atom is -0.380 e. The first kappa shape index (κ1) is 11.8. The van der Waals surface area contributed by atoms with Gasteiger partial charge in [0.25, 0.3) is 0 Å². The second-order valence-electron chi connectivity index (χ2n) is 4.94. The third kappa shape index (κ3) is 1.94. The van der Waals surface area contributed by atoms with E-state index < -0.39 is 5.82 Å². The molecule has 1 amide bonds. The van der Waals surface area contributed by atoms with Crippen molar-refractivity contribution in [3.05, 3.63) is 23.0 Å². The Balaban J connectivity index is 2.00. The molecule has 1 aromatic carbocycles. The Hall–Kier alpha value is -1.29. The fourth-order valence-electron chi connectivity index (χ4n) is 2.81. The van der Waals surface area contributed by atoms with Crippen molar-refractivity contribution in [3.63, 3.8) is 0 Å². The van der Waals surface area contributed by atoms with Crippen molar-refractivity contribution in [2.45, 2.75) is 31.7 Å². The minimum atomic E-state index is -0.466. The SMILES string of the molecule is O=C1Nc2cc(Cl)c(F)cc2NC2CCCCC12. The average molecular weight is 269 g/mol. The van der Waals surface area contributed by atoms with E-state index in [1.54, 1.807) is 0 Å². The van der Waals surface area contributed by atoms with E-state index in [2.05, 4.69) is 10.6 Å². The van der Waals surface area contributed by atoms with Crippen molar-refractivity contribution in [1.82, 2.24) is 0 Å². The summed E-state index contributed by atoms with van der Waals surface area (Å²) in [7, 11) is 0. The number of carbonyl (C=O) groups is 1. The summed E-state index contributed by atoms with van der Waals surface area (Å²) in [5.41, 5.74) is 1.19. The van der Waals surface area contributed by atoms with Gasteiger partial charge in [0, 0.05) is 12.1 Å². The van der Waals surface area contributed by atoms with Crippen LogP contribution in [0.2, 0.25) is 5.02 Å². The molecule has 2 N–H and O–H groups in total. The van der Waals surface area contributed by atoms with Crippen molar-refractivity contribution in [2.75, 3.05) is 10.6 Å². The summed E-state index contributed by atoms with van der Waals surface area (Å²) in [6.07, 6.45) is 4.00. The van der Waals surface area contributed by atoms with Gasteiger partial charge in [0.05, 0.1) is 22.3 Å². The molecule has 3 nitrogen and oxygen atoms in total. The predicted octanol–water partition coefficient (Wildman–Crippen LogP) is 3.40. The van der Waals surface area contributed by atoms with Crippen LogP contribution in [0.4, 0.5) is 15.8 Å². The zero-order chi connectivity index (χ0) is 12.7. The van der Waals surface area contributed by atoms with Gasteiger partial charge < -0.3 is 10.6 Å². The molecule has 0 bridgehead atoms. The number of benzene rings is 1. The monoisotopic (exact) mass is 268 g/mol. The third-order valence-corrected chi connectivity index (χ3v) is 4.05. The molecule has 2 unspecified atom stereocenters. The summed E-state index contributed by atoms with van der Waals surface area (Å²) in [6.45, 7) is 0. The van der Waals surface area contributed by atoms with E-state index in [1.165, 1.54) is 12.1 Å². The predicted molar refractivity (Wildman–Crippen MR) is 69.4 cm³/mol. The first-order valence-electron chi connectivity index (χ1n) is 6.21. The highest BCUT2D eigenvalue weighted by molar-refractivity contribution is 6.31. The van der Waals surface area contributed by atoms with Crippen LogP contribution in [0.15, 0.2) is 12.1 Å². The van der Waals surface area contributed by atoms with Crippen LogP contribution >= 0.6 is 11.6 Å². The molecule has 3 rings (SSSR count). The van der Waals surface area contributed by atoms with E-state index in [-0.39, 0.29) is 22.9 Å². The van der Waals surface area contributed by atoms with E-state index in [0.717, 1.165) is 25.7 Å². The van der Waals surface area contributed by atoms with E-state index in [0.29, 0.717) is 11.4 Å². The highest BCUT2D eigenvalue weighted by atomic mass is 35.5. The molecule has 18 heavy (non-hydrogen) atoms. The van der Waals surface area contributed by atoms with Gasteiger partial charge in [-0.3, -0.25) is 4.79 Å². The molecule has 2 aliphatic rings. The van der Waals surface area contributed by atoms with Crippen molar-refractivity contribution >= 4 is 28.9 Å². The van der Waals surface area contributed by atoms with Crippen molar-refractivity contribution in [2.24, 2.45) is 5.92 Å². The lowest BCUT2D eigenvalue weighted by Gasteiger charge is -2.29. The van der Waals surface area contributed by atoms with Gasteiger partial charge in [0.1, 0.15) is 5.82 Å². The zero-order valence-corrected chi connectivity index (χ0v) is 10.6. The van der Waals surface area contributed by atoms with Crippen LogP contribution < -0.4 is 10.6 Å². The number of rotatable bonds is 0. The van der Waals surface area contributed by atoms with Crippen LogP contribution in [0.1, 0.15) is 25.7 Å². The van der Waals surface area contributed by atoms with Crippen molar-refractivity contribution in [3.8, 4) is 0 Å². The second-order valence-corrected chi connectivity index (χ2v) is 5.35. The standard InChI is InChI=1S/C13H14ClFN2O/c14-8-5-11-12(6-9(8)15)16-10-4-2-1-3-7(10)13(18)17-11/h5-7,10,16H,1-4H2,(H,17,18). The Bertz CT molecular complexity index is 506. The maximum atomic E-state index is 13.5. The molecule has 1 aliphatic carbocycles. The molecule has 0 radical (unpaired) electrons. The Morgan fingerprint density at radius 2 is 2.00 bits per heavy atom. The molecular formula is C13H14ClFN2O. The maximum absolute atomic E-state index is 13.5. The molecule has 1 aromatic rings. The summed E-state index contributed by atoms with van der Waals surface area (Å²) in [5, 5.41) is 6.14. The van der Waals surface area contributed by atoms with Crippen LogP contribution in [0, 0.1) is 11.7 Å². The molecular weight excluding hydrogens is 255 g/mol. The second kappa shape index (κ2) is 4.43. The van der Waals surface area contributed by atoms with Gasteiger partial charge in [-0.15, -0.1) is 0 Å². The molecule has 0 saturated heterocycles. The minimum absolute atomic E-state index is 0.00799. The van der Waals surface area contributed by atoms with Crippen LogP contribution in [0.3, 0.4) is 0 Å². The average Bonchev–Trinajstić information content (AvgIpc) is 2.48.